The monoisotopic (exact) mass is 206 g/mol. The van der Waals surface area contributed by atoms with Crippen molar-refractivity contribution in [2.75, 3.05) is 11.5 Å². The van der Waals surface area contributed by atoms with E-state index >= 15 is 0 Å². The fourth-order valence-electron chi connectivity index (χ4n) is 0.696. The third kappa shape index (κ3) is 10.7. The van der Waals surface area contributed by atoms with Crippen LogP contribution in [0.2, 0.25) is 0 Å². The van der Waals surface area contributed by atoms with Crippen LogP contribution in [0.3, 0.4) is 0 Å². The van der Waals surface area contributed by atoms with E-state index in [0.29, 0.717) is 9.49 Å². The Labute approximate surface area is 86.3 Å². The molecule has 0 aromatic carbocycles. The van der Waals surface area contributed by atoms with E-state index in [9.17, 15) is 0 Å². The molecule has 0 bridgehead atoms. The van der Waals surface area contributed by atoms with Crippen molar-refractivity contribution >= 4 is 23.5 Å². The molecular formula is C10H22S2. The van der Waals surface area contributed by atoms with E-state index in [2.05, 4.69) is 65.1 Å². The normalized spacial score (nSPS) is 13.5. The summed E-state index contributed by atoms with van der Waals surface area (Å²) in [6.45, 7) is 13.7. The molecule has 0 saturated carbocycles. The van der Waals surface area contributed by atoms with Crippen LogP contribution >= 0.6 is 23.5 Å². The molecule has 0 unspecified atom stereocenters. The lowest BCUT2D eigenvalue weighted by Crippen LogP contribution is -2.12. The molecule has 2 heteroatoms. The summed E-state index contributed by atoms with van der Waals surface area (Å²) >= 11 is 4.11. The van der Waals surface area contributed by atoms with Gasteiger partial charge in [0.15, 0.2) is 0 Å². The zero-order valence-corrected chi connectivity index (χ0v) is 10.9. The second kappa shape index (κ2) is 4.80. The second-order valence-corrected chi connectivity index (χ2v) is 8.77. The molecule has 0 fully saturated rings. The fourth-order valence-corrected chi connectivity index (χ4v) is 2.59. The molecule has 0 radical (unpaired) electrons. The molecule has 12 heavy (non-hydrogen) atoms. The van der Waals surface area contributed by atoms with Crippen molar-refractivity contribution in [3.05, 3.63) is 0 Å². The highest BCUT2D eigenvalue weighted by molar-refractivity contribution is 8.04. The highest BCUT2D eigenvalue weighted by atomic mass is 32.2. The Balaban J connectivity index is 3.35. The first-order chi connectivity index (χ1) is 5.21. The zero-order chi connectivity index (χ0) is 9.83. The number of rotatable bonds is 3. The van der Waals surface area contributed by atoms with E-state index in [1.807, 2.05) is 0 Å². The maximum atomic E-state index is 2.28. The largest absolute Gasteiger partial charge is 0.155 e. The van der Waals surface area contributed by atoms with Gasteiger partial charge in [0.2, 0.25) is 0 Å². The lowest BCUT2D eigenvalue weighted by Gasteiger charge is -2.20. The summed E-state index contributed by atoms with van der Waals surface area (Å²) in [4.78, 5) is 0. The maximum absolute atomic E-state index is 2.28. The molecule has 0 rings (SSSR count). The van der Waals surface area contributed by atoms with E-state index < -0.39 is 0 Å². The van der Waals surface area contributed by atoms with Crippen molar-refractivity contribution < 1.29 is 0 Å². The smallest absolute Gasteiger partial charge is 0.00753 e. The Kier molecular flexibility index (Phi) is 5.08. The quantitative estimate of drug-likeness (QED) is 0.639. The molecule has 0 aliphatic rings. The maximum Gasteiger partial charge on any atom is 0.00753 e. The number of thioether (sulfide) groups is 2. The van der Waals surface area contributed by atoms with E-state index in [4.69, 9.17) is 0 Å². The summed E-state index contributed by atoms with van der Waals surface area (Å²) in [7, 11) is 0. The highest BCUT2D eigenvalue weighted by Gasteiger charge is 2.13. The lowest BCUT2D eigenvalue weighted by molar-refractivity contribution is 0.799. The molecule has 0 atom stereocenters. The third-order valence-electron chi connectivity index (χ3n) is 1.15. The van der Waals surface area contributed by atoms with Crippen molar-refractivity contribution in [3.63, 3.8) is 0 Å². The highest BCUT2D eigenvalue weighted by Crippen LogP contribution is 2.28. The first-order valence-electron chi connectivity index (χ1n) is 4.49. The minimum absolute atomic E-state index is 0.429. The van der Waals surface area contributed by atoms with E-state index in [1.165, 1.54) is 11.5 Å². The Hall–Kier alpha value is 0.700. The second-order valence-electron chi connectivity index (χ2n) is 4.92. The van der Waals surface area contributed by atoms with Crippen molar-refractivity contribution in [2.24, 2.45) is 0 Å². The average Bonchev–Trinajstić information content (AvgIpc) is 1.76. The minimum Gasteiger partial charge on any atom is -0.155 e. The predicted molar refractivity (Wildman–Crippen MR) is 64.4 cm³/mol. The van der Waals surface area contributed by atoms with E-state index in [0.717, 1.165) is 0 Å². The Morgan fingerprint density at radius 1 is 0.667 bits per heavy atom. The van der Waals surface area contributed by atoms with Crippen LogP contribution < -0.4 is 0 Å². The molecule has 0 heterocycles. The van der Waals surface area contributed by atoms with Gasteiger partial charge in [-0.05, 0) is 0 Å². The van der Waals surface area contributed by atoms with Gasteiger partial charge in [-0.3, -0.25) is 0 Å². The summed E-state index contributed by atoms with van der Waals surface area (Å²) in [5.74, 6) is 2.54. The molecule has 0 aliphatic carbocycles. The summed E-state index contributed by atoms with van der Waals surface area (Å²) < 4.78 is 0.858. The van der Waals surface area contributed by atoms with Gasteiger partial charge in [0.05, 0.1) is 0 Å². The minimum atomic E-state index is 0.429. The van der Waals surface area contributed by atoms with E-state index in [1.54, 1.807) is 0 Å². The van der Waals surface area contributed by atoms with E-state index in [-0.39, 0.29) is 0 Å². The van der Waals surface area contributed by atoms with Crippen LogP contribution in [-0.2, 0) is 0 Å². The standard InChI is InChI=1S/C10H22S2/c1-9(2,3)11-7-8-12-10(4,5)6/h7-8H2,1-6H3. The van der Waals surface area contributed by atoms with Crippen molar-refractivity contribution in [1.82, 2.24) is 0 Å². The molecule has 0 amide bonds. The van der Waals surface area contributed by atoms with Crippen molar-refractivity contribution in [2.45, 2.75) is 51.0 Å². The van der Waals surface area contributed by atoms with Gasteiger partial charge in [-0.15, -0.1) is 0 Å². The fraction of sp³-hybridized carbons (Fsp3) is 1.00. The van der Waals surface area contributed by atoms with Crippen LogP contribution in [0.5, 0.6) is 0 Å². The Morgan fingerprint density at radius 2 is 0.917 bits per heavy atom. The number of hydrogen-bond donors (Lipinski definition) is 0. The Bertz CT molecular complexity index is 101. The summed E-state index contributed by atoms with van der Waals surface area (Å²) in [5, 5.41) is 0. The molecule has 74 valence electrons. The molecule has 0 aromatic rings. The van der Waals surface area contributed by atoms with Gasteiger partial charge in [0, 0.05) is 21.0 Å². The first kappa shape index (κ1) is 12.7. The molecule has 0 saturated heterocycles. The van der Waals surface area contributed by atoms with Gasteiger partial charge in [-0.1, -0.05) is 41.5 Å². The van der Waals surface area contributed by atoms with Gasteiger partial charge in [0.25, 0.3) is 0 Å². The molecule has 0 spiro atoms. The number of hydrogen-bond acceptors (Lipinski definition) is 2. The summed E-state index contributed by atoms with van der Waals surface area (Å²) in [5.41, 5.74) is 0. The van der Waals surface area contributed by atoms with Gasteiger partial charge in [-0.2, -0.15) is 23.5 Å². The molecule has 0 aromatic heterocycles. The van der Waals surface area contributed by atoms with Gasteiger partial charge < -0.3 is 0 Å². The topological polar surface area (TPSA) is 0 Å². The van der Waals surface area contributed by atoms with Gasteiger partial charge in [0.1, 0.15) is 0 Å². The van der Waals surface area contributed by atoms with Crippen molar-refractivity contribution in [1.29, 1.82) is 0 Å². The van der Waals surface area contributed by atoms with Crippen molar-refractivity contribution in [3.8, 4) is 0 Å². The summed E-state index contributed by atoms with van der Waals surface area (Å²) in [6.07, 6.45) is 0. The predicted octanol–water partition coefficient (Wildman–Crippen LogP) is 4.05. The lowest BCUT2D eigenvalue weighted by atomic mass is 10.3. The van der Waals surface area contributed by atoms with Crippen LogP contribution in [-0.4, -0.2) is 21.0 Å². The average molecular weight is 206 g/mol. The van der Waals surface area contributed by atoms with Crippen LogP contribution in [0.25, 0.3) is 0 Å². The zero-order valence-electron chi connectivity index (χ0n) is 9.23. The first-order valence-corrected chi connectivity index (χ1v) is 6.46. The summed E-state index contributed by atoms with van der Waals surface area (Å²) in [6, 6.07) is 0. The van der Waals surface area contributed by atoms with Gasteiger partial charge >= 0.3 is 0 Å². The molecule has 0 N–H and O–H groups in total. The SMILES string of the molecule is CC(C)(C)SCCSC(C)(C)C. The molecular weight excluding hydrogens is 184 g/mol. The van der Waals surface area contributed by atoms with Crippen LogP contribution in [0, 0.1) is 0 Å². The van der Waals surface area contributed by atoms with Crippen LogP contribution in [0.1, 0.15) is 41.5 Å². The third-order valence-corrected chi connectivity index (χ3v) is 3.96. The van der Waals surface area contributed by atoms with Crippen LogP contribution in [0.15, 0.2) is 0 Å². The van der Waals surface area contributed by atoms with Gasteiger partial charge in [-0.25, -0.2) is 0 Å². The van der Waals surface area contributed by atoms with Crippen LogP contribution in [0.4, 0.5) is 0 Å². The Morgan fingerprint density at radius 3 is 1.08 bits per heavy atom. The molecule has 0 aliphatic heterocycles. The molecule has 0 nitrogen and oxygen atoms in total.